The SMILES string of the molecule is FC(F)(F)C1C=Cc2cc(Cl)c(Cn3cnc4ccccc43)cc2O1. The Kier molecular flexibility index (Phi) is 3.72. The molecule has 3 nitrogen and oxygen atoms in total. The number of halogens is 4. The van der Waals surface area contributed by atoms with Crippen molar-refractivity contribution in [1.29, 1.82) is 0 Å². The van der Waals surface area contributed by atoms with Crippen molar-refractivity contribution >= 4 is 28.7 Å². The molecule has 0 saturated heterocycles. The summed E-state index contributed by atoms with van der Waals surface area (Å²) in [6.07, 6.45) is -2.34. The fraction of sp³-hybridized carbons (Fsp3) is 0.167. The minimum Gasteiger partial charge on any atom is -0.476 e. The Hall–Kier alpha value is -2.47. The molecule has 25 heavy (non-hydrogen) atoms. The van der Waals surface area contributed by atoms with Crippen LogP contribution in [0, 0.1) is 0 Å². The number of para-hydroxylation sites is 2. The zero-order chi connectivity index (χ0) is 17.6. The lowest BCUT2D eigenvalue weighted by Gasteiger charge is -2.24. The molecule has 0 bridgehead atoms. The first-order chi connectivity index (χ1) is 11.9. The molecule has 0 amide bonds. The van der Waals surface area contributed by atoms with Crippen molar-refractivity contribution in [3.8, 4) is 5.75 Å². The molecule has 0 aliphatic carbocycles. The van der Waals surface area contributed by atoms with Crippen molar-refractivity contribution in [2.24, 2.45) is 0 Å². The highest BCUT2D eigenvalue weighted by Gasteiger charge is 2.41. The van der Waals surface area contributed by atoms with Crippen molar-refractivity contribution in [3.05, 3.63) is 65.0 Å². The summed E-state index contributed by atoms with van der Waals surface area (Å²) >= 11 is 6.31. The van der Waals surface area contributed by atoms with Gasteiger partial charge in [-0.05, 0) is 35.9 Å². The van der Waals surface area contributed by atoms with Crippen LogP contribution in [-0.4, -0.2) is 21.8 Å². The number of hydrogen-bond donors (Lipinski definition) is 0. The molecule has 4 rings (SSSR count). The second kappa shape index (κ2) is 5.81. The number of hydrogen-bond acceptors (Lipinski definition) is 2. The van der Waals surface area contributed by atoms with Crippen LogP contribution in [0.1, 0.15) is 11.1 Å². The predicted octanol–water partition coefficient (Wildman–Crippen LogP) is 5.07. The molecule has 0 saturated carbocycles. The van der Waals surface area contributed by atoms with E-state index in [1.807, 2.05) is 28.8 Å². The molecule has 0 radical (unpaired) electrons. The zero-order valence-electron chi connectivity index (χ0n) is 12.8. The third-order valence-electron chi connectivity index (χ3n) is 4.07. The first-order valence-electron chi connectivity index (χ1n) is 7.56. The van der Waals surface area contributed by atoms with Gasteiger partial charge in [0.1, 0.15) is 5.75 Å². The maximum Gasteiger partial charge on any atom is 0.429 e. The van der Waals surface area contributed by atoms with Crippen LogP contribution in [0.15, 0.2) is 48.8 Å². The normalized spacial score (nSPS) is 16.7. The minimum atomic E-state index is -4.45. The Morgan fingerprint density at radius 1 is 1.20 bits per heavy atom. The standard InChI is InChI=1S/C18H12ClF3N2O/c19-13-7-11-5-6-17(18(20,21)22)25-16(11)8-12(13)9-24-10-23-14-3-1-2-4-15(14)24/h1-8,10,17H,9H2. The number of aromatic nitrogens is 2. The van der Waals surface area contributed by atoms with E-state index in [4.69, 9.17) is 16.3 Å². The molecule has 2 aromatic carbocycles. The summed E-state index contributed by atoms with van der Waals surface area (Å²) in [5, 5.41) is 0.468. The van der Waals surface area contributed by atoms with E-state index in [0.29, 0.717) is 22.7 Å². The molecule has 0 N–H and O–H groups in total. The van der Waals surface area contributed by atoms with Crippen molar-refractivity contribution in [2.45, 2.75) is 18.8 Å². The van der Waals surface area contributed by atoms with E-state index in [2.05, 4.69) is 4.98 Å². The quantitative estimate of drug-likeness (QED) is 0.634. The maximum atomic E-state index is 12.9. The molecule has 0 spiro atoms. The van der Waals surface area contributed by atoms with E-state index in [0.717, 1.165) is 17.1 Å². The topological polar surface area (TPSA) is 27.1 Å². The highest BCUT2D eigenvalue weighted by Crippen LogP contribution is 2.36. The van der Waals surface area contributed by atoms with Crippen LogP contribution in [0.3, 0.4) is 0 Å². The summed E-state index contributed by atoms with van der Waals surface area (Å²) in [5.41, 5.74) is 2.96. The molecule has 1 aliphatic heterocycles. The van der Waals surface area contributed by atoms with Crippen LogP contribution >= 0.6 is 11.6 Å². The van der Waals surface area contributed by atoms with Crippen molar-refractivity contribution in [1.82, 2.24) is 9.55 Å². The fourth-order valence-electron chi connectivity index (χ4n) is 2.83. The van der Waals surface area contributed by atoms with Gasteiger partial charge in [-0.2, -0.15) is 13.2 Å². The second-order valence-corrected chi connectivity index (χ2v) is 6.19. The summed E-state index contributed by atoms with van der Waals surface area (Å²) in [4.78, 5) is 4.31. The second-order valence-electron chi connectivity index (χ2n) is 5.78. The monoisotopic (exact) mass is 364 g/mol. The number of fused-ring (bicyclic) bond motifs is 2. The van der Waals surface area contributed by atoms with Gasteiger partial charge in [0.25, 0.3) is 0 Å². The van der Waals surface area contributed by atoms with Crippen molar-refractivity contribution < 1.29 is 17.9 Å². The number of rotatable bonds is 2. The summed E-state index contributed by atoms with van der Waals surface area (Å²) in [6, 6.07) is 10.8. The van der Waals surface area contributed by atoms with Crippen LogP contribution in [0.5, 0.6) is 5.75 Å². The van der Waals surface area contributed by atoms with Gasteiger partial charge in [0.15, 0.2) is 0 Å². The molecule has 1 unspecified atom stereocenters. The highest BCUT2D eigenvalue weighted by atomic mass is 35.5. The van der Waals surface area contributed by atoms with Crippen LogP contribution in [0.4, 0.5) is 13.2 Å². The average molecular weight is 365 g/mol. The summed E-state index contributed by atoms with van der Waals surface area (Å²) < 4.78 is 45.6. The van der Waals surface area contributed by atoms with Gasteiger partial charge >= 0.3 is 6.18 Å². The lowest BCUT2D eigenvalue weighted by Crippen LogP contribution is -2.33. The van der Waals surface area contributed by atoms with E-state index in [1.54, 1.807) is 18.5 Å². The first kappa shape index (κ1) is 16.0. The van der Waals surface area contributed by atoms with Crippen molar-refractivity contribution in [2.75, 3.05) is 0 Å². The van der Waals surface area contributed by atoms with Gasteiger partial charge in [-0.1, -0.05) is 29.8 Å². The molecule has 1 atom stereocenters. The molecule has 3 aromatic rings. The van der Waals surface area contributed by atoms with E-state index in [9.17, 15) is 13.2 Å². The van der Waals surface area contributed by atoms with E-state index in [-0.39, 0.29) is 5.75 Å². The van der Waals surface area contributed by atoms with Crippen LogP contribution in [-0.2, 0) is 6.54 Å². The van der Waals surface area contributed by atoms with Gasteiger partial charge in [0, 0.05) is 10.6 Å². The number of alkyl halides is 3. The van der Waals surface area contributed by atoms with Crippen LogP contribution in [0.2, 0.25) is 5.02 Å². The third kappa shape index (κ3) is 2.98. The average Bonchev–Trinajstić information content (AvgIpc) is 2.97. The molecule has 128 valence electrons. The Balaban J connectivity index is 1.69. The molecule has 7 heteroatoms. The molecule has 2 heterocycles. The smallest absolute Gasteiger partial charge is 0.429 e. The summed E-state index contributed by atoms with van der Waals surface area (Å²) in [5.74, 6) is 0.175. The predicted molar refractivity (Wildman–Crippen MR) is 89.8 cm³/mol. The fourth-order valence-corrected chi connectivity index (χ4v) is 3.06. The Bertz CT molecular complexity index is 978. The lowest BCUT2D eigenvalue weighted by atomic mass is 10.1. The Morgan fingerprint density at radius 3 is 2.80 bits per heavy atom. The van der Waals surface area contributed by atoms with Crippen LogP contribution in [0.25, 0.3) is 17.1 Å². The highest BCUT2D eigenvalue weighted by molar-refractivity contribution is 6.31. The lowest BCUT2D eigenvalue weighted by molar-refractivity contribution is -0.180. The molecular weight excluding hydrogens is 353 g/mol. The van der Waals surface area contributed by atoms with Gasteiger partial charge in [0.05, 0.1) is 23.9 Å². The Morgan fingerprint density at radius 2 is 2.00 bits per heavy atom. The number of ether oxygens (including phenoxy) is 1. The number of imidazole rings is 1. The maximum absolute atomic E-state index is 12.9. The largest absolute Gasteiger partial charge is 0.476 e. The molecule has 0 fully saturated rings. The van der Waals surface area contributed by atoms with E-state index >= 15 is 0 Å². The molecule has 1 aromatic heterocycles. The summed E-state index contributed by atoms with van der Waals surface area (Å²) in [7, 11) is 0. The molecule has 1 aliphatic rings. The Labute approximate surface area is 146 Å². The first-order valence-corrected chi connectivity index (χ1v) is 7.93. The number of benzene rings is 2. The summed E-state index contributed by atoms with van der Waals surface area (Å²) in [6.45, 7) is 0.385. The zero-order valence-corrected chi connectivity index (χ0v) is 13.6. The third-order valence-corrected chi connectivity index (χ3v) is 4.43. The van der Waals surface area contributed by atoms with Crippen LogP contribution < -0.4 is 4.74 Å². The van der Waals surface area contributed by atoms with Gasteiger partial charge < -0.3 is 9.30 Å². The van der Waals surface area contributed by atoms with E-state index in [1.165, 1.54) is 6.08 Å². The minimum absolute atomic E-state index is 0.175. The van der Waals surface area contributed by atoms with Crippen molar-refractivity contribution in [3.63, 3.8) is 0 Å². The molecular formula is C18H12ClF3N2O. The van der Waals surface area contributed by atoms with Gasteiger partial charge in [-0.15, -0.1) is 0 Å². The number of nitrogens with zero attached hydrogens (tertiary/aromatic N) is 2. The van der Waals surface area contributed by atoms with E-state index < -0.39 is 12.3 Å². The van der Waals surface area contributed by atoms with Gasteiger partial charge in [-0.25, -0.2) is 4.98 Å². The van der Waals surface area contributed by atoms with Gasteiger partial charge in [-0.3, -0.25) is 0 Å². The van der Waals surface area contributed by atoms with Gasteiger partial charge in [0.2, 0.25) is 6.10 Å².